The highest BCUT2D eigenvalue weighted by Gasteiger charge is 2.16. The third-order valence-electron chi connectivity index (χ3n) is 3.62. The highest BCUT2D eigenvalue weighted by Crippen LogP contribution is 2.14. The van der Waals surface area contributed by atoms with E-state index in [0.717, 1.165) is 10.2 Å². The molecule has 0 N–H and O–H groups in total. The summed E-state index contributed by atoms with van der Waals surface area (Å²) in [4.78, 5) is 24.4. The molecule has 0 radical (unpaired) electrons. The number of nitrogens with zero attached hydrogens (tertiary/aromatic N) is 2. The van der Waals surface area contributed by atoms with Gasteiger partial charge in [-0.05, 0) is 11.6 Å². The fourth-order valence-corrected chi connectivity index (χ4v) is 2.43. The van der Waals surface area contributed by atoms with E-state index in [0.29, 0.717) is 17.2 Å². The van der Waals surface area contributed by atoms with Crippen molar-refractivity contribution in [1.82, 2.24) is 9.78 Å². The van der Waals surface area contributed by atoms with Crippen molar-refractivity contribution in [2.24, 2.45) is 7.05 Å². The quantitative estimate of drug-likeness (QED) is 0.694. The minimum absolute atomic E-state index is 0.163. The maximum Gasteiger partial charge on any atom is 0.359 e. The molecule has 2 aromatic carbocycles. The Hall–Kier alpha value is -2.95. The van der Waals surface area contributed by atoms with Gasteiger partial charge in [0, 0.05) is 18.9 Å². The molecule has 0 aliphatic rings. The van der Waals surface area contributed by atoms with Crippen LogP contribution in [0.5, 0.6) is 0 Å². The largest absolute Gasteiger partial charge is 0.461 e. The van der Waals surface area contributed by atoms with Crippen LogP contribution in [0.25, 0.3) is 10.8 Å². The molecule has 1 aromatic heterocycles. The molecule has 5 heteroatoms. The third-order valence-corrected chi connectivity index (χ3v) is 3.62. The zero-order valence-corrected chi connectivity index (χ0v) is 12.7. The summed E-state index contributed by atoms with van der Waals surface area (Å²) in [5, 5.41) is 5.03. The summed E-state index contributed by atoms with van der Waals surface area (Å²) in [5.41, 5.74) is 1.02. The van der Waals surface area contributed by atoms with Crippen molar-refractivity contribution >= 4 is 16.7 Å². The maximum absolute atomic E-state index is 12.3. The predicted molar refractivity (Wildman–Crippen MR) is 87.4 cm³/mol. The highest BCUT2D eigenvalue weighted by molar-refractivity contribution is 6.02. The van der Waals surface area contributed by atoms with E-state index in [1.807, 2.05) is 30.3 Å². The topological polar surface area (TPSA) is 61.2 Å². The van der Waals surface area contributed by atoms with Crippen molar-refractivity contribution in [3.63, 3.8) is 0 Å². The van der Waals surface area contributed by atoms with Gasteiger partial charge in [-0.15, -0.1) is 0 Å². The van der Waals surface area contributed by atoms with Crippen LogP contribution in [0.1, 0.15) is 16.1 Å². The number of hydrogen-bond acceptors (Lipinski definition) is 4. The van der Waals surface area contributed by atoms with Crippen LogP contribution in [0.15, 0.2) is 59.4 Å². The fraction of sp³-hybridized carbons (Fsp3) is 0.167. The van der Waals surface area contributed by atoms with E-state index < -0.39 is 5.97 Å². The van der Waals surface area contributed by atoms with Gasteiger partial charge in [-0.1, -0.05) is 48.5 Å². The molecular weight excluding hydrogens is 292 g/mol. The first kappa shape index (κ1) is 15.0. The van der Waals surface area contributed by atoms with E-state index in [1.165, 1.54) is 7.05 Å². The Morgan fingerprint density at radius 1 is 1.04 bits per heavy atom. The molecule has 0 aliphatic carbocycles. The van der Waals surface area contributed by atoms with Crippen LogP contribution in [-0.4, -0.2) is 22.4 Å². The summed E-state index contributed by atoms with van der Waals surface area (Å²) in [6.07, 6.45) is 0.635. The van der Waals surface area contributed by atoms with E-state index in [9.17, 15) is 9.59 Å². The maximum atomic E-state index is 12.3. The van der Waals surface area contributed by atoms with Crippen molar-refractivity contribution in [2.75, 3.05) is 6.61 Å². The first-order valence-corrected chi connectivity index (χ1v) is 7.34. The number of aromatic nitrogens is 2. The van der Waals surface area contributed by atoms with E-state index in [2.05, 4.69) is 5.10 Å². The number of benzene rings is 2. The van der Waals surface area contributed by atoms with E-state index in [-0.39, 0.29) is 17.9 Å². The van der Waals surface area contributed by atoms with Crippen LogP contribution in [0, 0.1) is 0 Å². The zero-order valence-electron chi connectivity index (χ0n) is 12.7. The second-order valence-corrected chi connectivity index (χ2v) is 5.19. The van der Waals surface area contributed by atoms with Gasteiger partial charge in [-0.3, -0.25) is 4.79 Å². The smallest absolute Gasteiger partial charge is 0.359 e. The number of carbonyl (C=O) groups excluding carboxylic acids is 1. The van der Waals surface area contributed by atoms with Gasteiger partial charge in [0.1, 0.15) is 0 Å². The van der Waals surface area contributed by atoms with Gasteiger partial charge in [0.15, 0.2) is 5.69 Å². The number of hydrogen-bond donors (Lipinski definition) is 0. The first-order chi connectivity index (χ1) is 11.2. The Morgan fingerprint density at radius 3 is 2.43 bits per heavy atom. The van der Waals surface area contributed by atoms with Gasteiger partial charge in [0.05, 0.1) is 12.0 Å². The summed E-state index contributed by atoms with van der Waals surface area (Å²) >= 11 is 0. The SMILES string of the molecule is Cn1nc(C(=O)OCCc2ccccc2)c2ccccc2c1=O. The number of carbonyl (C=O) groups is 1. The van der Waals surface area contributed by atoms with Crippen LogP contribution in [0.2, 0.25) is 0 Å². The average molecular weight is 308 g/mol. The molecule has 0 atom stereocenters. The van der Waals surface area contributed by atoms with Crippen molar-refractivity contribution < 1.29 is 9.53 Å². The molecule has 0 saturated heterocycles. The van der Waals surface area contributed by atoms with E-state index in [4.69, 9.17) is 4.74 Å². The summed E-state index contributed by atoms with van der Waals surface area (Å²) in [5.74, 6) is -0.521. The second kappa shape index (κ2) is 6.44. The lowest BCUT2D eigenvalue weighted by atomic mass is 10.1. The van der Waals surface area contributed by atoms with Crippen molar-refractivity contribution in [3.8, 4) is 0 Å². The van der Waals surface area contributed by atoms with Gasteiger partial charge in [-0.2, -0.15) is 5.10 Å². The van der Waals surface area contributed by atoms with Crippen LogP contribution in [0.3, 0.4) is 0 Å². The number of rotatable bonds is 4. The molecule has 0 fully saturated rings. The van der Waals surface area contributed by atoms with Crippen LogP contribution >= 0.6 is 0 Å². The first-order valence-electron chi connectivity index (χ1n) is 7.34. The molecule has 1 heterocycles. The van der Waals surface area contributed by atoms with Crippen molar-refractivity contribution in [3.05, 3.63) is 76.2 Å². The minimum Gasteiger partial charge on any atom is -0.461 e. The van der Waals surface area contributed by atoms with Gasteiger partial charge >= 0.3 is 5.97 Å². The Bertz CT molecular complexity index is 901. The molecule has 0 saturated carbocycles. The number of fused-ring (bicyclic) bond motifs is 1. The molecular formula is C18H16N2O3. The number of ether oxygens (including phenoxy) is 1. The molecule has 0 unspecified atom stereocenters. The van der Waals surface area contributed by atoms with E-state index >= 15 is 0 Å². The lowest BCUT2D eigenvalue weighted by Crippen LogP contribution is -2.24. The fourth-order valence-electron chi connectivity index (χ4n) is 2.43. The summed E-state index contributed by atoms with van der Waals surface area (Å²) in [7, 11) is 1.52. The molecule has 3 aromatic rings. The average Bonchev–Trinajstić information content (AvgIpc) is 2.59. The lowest BCUT2D eigenvalue weighted by Gasteiger charge is -2.08. The molecule has 116 valence electrons. The molecule has 0 aliphatic heterocycles. The van der Waals surface area contributed by atoms with Gasteiger partial charge in [0.2, 0.25) is 0 Å². The molecule has 3 rings (SSSR count). The third kappa shape index (κ3) is 3.13. The zero-order chi connectivity index (χ0) is 16.2. The monoisotopic (exact) mass is 308 g/mol. The molecule has 0 amide bonds. The summed E-state index contributed by atoms with van der Waals surface area (Å²) < 4.78 is 6.48. The Kier molecular flexibility index (Phi) is 4.19. The minimum atomic E-state index is -0.521. The van der Waals surface area contributed by atoms with Crippen LogP contribution in [0.4, 0.5) is 0 Å². The van der Waals surface area contributed by atoms with E-state index in [1.54, 1.807) is 24.3 Å². The predicted octanol–water partition coefficient (Wildman–Crippen LogP) is 2.33. The highest BCUT2D eigenvalue weighted by atomic mass is 16.5. The lowest BCUT2D eigenvalue weighted by molar-refractivity contribution is 0.0502. The second-order valence-electron chi connectivity index (χ2n) is 5.19. The van der Waals surface area contributed by atoms with Gasteiger partial charge in [0.25, 0.3) is 5.56 Å². The van der Waals surface area contributed by atoms with Crippen molar-refractivity contribution in [2.45, 2.75) is 6.42 Å². The Labute approximate surface area is 133 Å². The number of esters is 1. The van der Waals surface area contributed by atoms with Gasteiger partial charge < -0.3 is 4.74 Å². The van der Waals surface area contributed by atoms with Crippen LogP contribution < -0.4 is 5.56 Å². The Balaban J connectivity index is 1.81. The summed E-state index contributed by atoms with van der Waals surface area (Å²) in [6, 6.07) is 16.7. The van der Waals surface area contributed by atoms with Crippen molar-refractivity contribution in [1.29, 1.82) is 0 Å². The Morgan fingerprint density at radius 2 is 1.70 bits per heavy atom. The molecule has 0 bridgehead atoms. The van der Waals surface area contributed by atoms with Crippen LogP contribution in [-0.2, 0) is 18.2 Å². The summed E-state index contributed by atoms with van der Waals surface area (Å²) in [6.45, 7) is 0.266. The standard InChI is InChI=1S/C18H16N2O3/c1-20-17(21)15-10-6-5-9-14(15)16(19-20)18(22)23-12-11-13-7-3-2-4-8-13/h2-10H,11-12H2,1H3. The molecule has 23 heavy (non-hydrogen) atoms. The number of aryl methyl sites for hydroxylation is 1. The molecule has 0 spiro atoms. The van der Waals surface area contributed by atoms with Gasteiger partial charge in [-0.25, -0.2) is 9.48 Å². The normalized spacial score (nSPS) is 10.7. The molecule has 5 nitrogen and oxygen atoms in total.